The van der Waals surface area contributed by atoms with Crippen molar-refractivity contribution >= 4 is 17.8 Å². The number of aliphatic carboxylic acids is 1. The molecule has 2 amide bonds. The van der Waals surface area contributed by atoms with Gasteiger partial charge in [0.25, 0.3) is 11.8 Å². The molecule has 0 saturated carbocycles. The molecule has 0 bridgehead atoms. The first-order valence-electron chi connectivity index (χ1n) is 11.7. The molecule has 0 radical (unpaired) electrons. The maximum absolute atomic E-state index is 13.7. The molecule has 3 aromatic rings. The average Bonchev–Trinajstić information content (AvgIpc) is 2.91. The van der Waals surface area contributed by atoms with E-state index >= 15 is 0 Å². The zero-order valence-corrected chi connectivity index (χ0v) is 20.3. The highest BCUT2D eigenvalue weighted by atomic mass is 16.5. The third-order valence-corrected chi connectivity index (χ3v) is 5.71. The molecular weight excluding hydrogens is 456 g/mol. The van der Waals surface area contributed by atoms with Gasteiger partial charge in [0.2, 0.25) is 0 Å². The van der Waals surface area contributed by atoms with Crippen LogP contribution in [0.4, 0.5) is 0 Å². The molecule has 0 unspecified atom stereocenters. The molecule has 0 heterocycles. The van der Waals surface area contributed by atoms with Gasteiger partial charge in [0.05, 0.1) is 13.5 Å². The Bertz CT molecular complexity index is 1240. The maximum Gasteiger partial charge on any atom is 0.305 e. The van der Waals surface area contributed by atoms with Gasteiger partial charge in [-0.3, -0.25) is 14.4 Å². The SMILES string of the molecule is C=CCNC(=O)c1ccccc1-c1ccccc1C(=O)N(CCC(=O)O)CCc1cccc(OC)c1. The third-order valence-electron chi connectivity index (χ3n) is 5.71. The summed E-state index contributed by atoms with van der Waals surface area (Å²) < 4.78 is 5.28. The molecule has 7 nitrogen and oxygen atoms in total. The Balaban J connectivity index is 1.93. The van der Waals surface area contributed by atoms with E-state index in [0.717, 1.165) is 5.56 Å². The van der Waals surface area contributed by atoms with Crippen molar-refractivity contribution < 1.29 is 24.2 Å². The lowest BCUT2D eigenvalue weighted by atomic mass is 9.94. The van der Waals surface area contributed by atoms with Crippen LogP contribution < -0.4 is 10.1 Å². The van der Waals surface area contributed by atoms with Gasteiger partial charge in [0.1, 0.15) is 5.75 Å². The first-order valence-corrected chi connectivity index (χ1v) is 11.7. The molecule has 0 aliphatic heterocycles. The summed E-state index contributed by atoms with van der Waals surface area (Å²) in [6.07, 6.45) is 1.96. The number of benzene rings is 3. The smallest absolute Gasteiger partial charge is 0.305 e. The summed E-state index contributed by atoms with van der Waals surface area (Å²) in [5.74, 6) is -0.830. The molecule has 0 aliphatic carbocycles. The van der Waals surface area contributed by atoms with E-state index in [1.165, 1.54) is 0 Å². The number of methoxy groups -OCH3 is 1. The highest BCUT2D eigenvalue weighted by molar-refractivity contribution is 6.06. The first-order chi connectivity index (χ1) is 17.4. The number of ether oxygens (including phenoxy) is 1. The van der Waals surface area contributed by atoms with Crippen molar-refractivity contribution in [1.29, 1.82) is 0 Å². The molecule has 2 N–H and O–H groups in total. The van der Waals surface area contributed by atoms with Crippen molar-refractivity contribution in [3.05, 3.63) is 102 Å². The Labute approximate surface area is 211 Å². The van der Waals surface area contributed by atoms with Gasteiger partial charge in [-0.2, -0.15) is 0 Å². The van der Waals surface area contributed by atoms with E-state index in [9.17, 15) is 19.5 Å². The van der Waals surface area contributed by atoms with Crippen LogP contribution in [0.15, 0.2) is 85.5 Å². The Kier molecular flexibility index (Phi) is 9.40. The van der Waals surface area contributed by atoms with Crippen LogP contribution in [0, 0.1) is 0 Å². The highest BCUT2D eigenvalue weighted by Gasteiger charge is 2.22. The van der Waals surface area contributed by atoms with Crippen LogP contribution in [-0.4, -0.2) is 54.5 Å². The Hall–Kier alpha value is -4.39. The molecule has 0 saturated heterocycles. The van der Waals surface area contributed by atoms with Crippen LogP contribution in [0.3, 0.4) is 0 Å². The fraction of sp³-hybridized carbons (Fsp3) is 0.207. The molecule has 7 heteroatoms. The molecule has 0 atom stereocenters. The summed E-state index contributed by atoms with van der Waals surface area (Å²) in [6.45, 7) is 4.34. The van der Waals surface area contributed by atoms with Crippen LogP contribution in [0.1, 0.15) is 32.7 Å². The minimum absolute atomic E-state index is 0.0634. The third kappa shape index (κ3) is 6.82. The van der Waals surface area contributed by atoms with Gasteiger partial charge in [-0.15, -0.1) is 6.58 Å². The number of carboxylic acid groups (broad SMARTS) is 1. The van der Waals surface area contributed by atoms with Crippen molar-refractivity contribution in [2.45, 2.75) is 12.8 Å². The van der Waals surface area contributed by atoms with Gasteiger partial charge < -0.3 is 20.1 Å². The Morgan fingerprint density at radius 3 is 2.28 bits per heavy atom. The number of carbonyl (C=O) groups is 3. The molecule has 0 aromatic heterocycles. The summed E-state index contributed by atoms with van der Waals surface area (Å²) in [5, 5.41) is 12.0. The molecule has 0 fully saturated rings. The second kappa shape index (κ2) is 12.9. The van der Waals surface area contributed by atoms with Gasteiger partial charge in [-0.05, 0) is 47.4 Å². The molecular formula is C29H30N2O5. The van der Waals surface area contributed by atoms with Crippen LogP contribution in [0.2, 0.25) is 0 Å². The average molecular weight is 487 g/mol. The van der Waals surface area contributed by atoms with E-state index in [1.54, 1.807) is 54.5 Å². The van der Waals surface area contributed by atoms with Crippen LogP contribution in [-0.2, 0) is 11.2 Å². The van der Waals surface area contributed by atoms with E-state index in [2.05, 4.69) is 11.9 Å². The lowest BCUT2D eigenvalue weighted by molar-refractivity contribution is -0.137. The van der Waals surface area contributed by atoms with Crippen LogP contribution in [0.5, 0.6) is 5.75 Å². The second-order valence-electron chi connectivity index (χ2n) is 8.13. The minimum Gasteiger partial charge on any atom is -0.497 e. The Morgan fingerprint density at radius 2 is 1.61 bits per heavy atom. The quantitative estimate of drug-likeness (QED) is 0.369. The minimum atomic E-state index is -0.980. The summed E-state index contributed by atoms with van der Waals surface area (Å²) >= 11 is 0. The number of carbonyl (C=O) groups excluding carboxylic acids is 2. The first kappa shape index (κ1) is 26.2. The number of rotatable bonds is 12. The summed E-state index contributed by atoms with van der Waals surface area (Å²) in [6, 6.07) is 21.7. The van der Waals surface area contributed by atoms with E-state index in [0.29, 0.717) is 47.5 Å². The van der Waals surface area contributed by atoms with Gasteiger partial charge in [-0.25, -0.2) is 0 Å². The maximum atomic E-state index is 13.7. The number of hydrogen-bond donors (Lipinski definition) is 2. The molecule has 3 rings (SSSR count). The monoisotopic (exact) mass is 486 g/mol. The van der Waals surface area contributed by atoms with E-state index in [-0.39, 0.29) is 24.8 Å². The summed E-state index contributed by atoms with van der Waals surface area (Å²) in [5.41, 5.74) is 3.04. The normalized spacial score (nSPS) is 10.4. The lowest BCUT2D eigenvalue weighted by Gasteiger charge is -2.24. The lowest BCUT2D eigenvalue weighted by Crippen LogP contribution is -2.35. The van der Waals surface area contributed by atoms with E-state index in [1.807, 2.05) is 36.4 Å². The van der Waals surface area contributed by atoms with Gasteiger partial charge in [-0.1, -0.05) is 54.6 Å². The number of nitrogens with zero attached hydrogens (tertiary/aromatic N) is 1. The zero-order chi connectivity index (χ0) is 25.9. The molecule has 3 aromatic carbocycles. The van der Waals surface area contributed by atoms with Crippen molar-refractivity contribution in [2.75, 3.05) is 26.7 Å². The van der Waals surface area contributed by atoms with Gasteiger partial charge in [0.15, 0.2) is 0 Å². The number of carboxylic acids is 1. The van der Waals surface area contributed by atoms with Crippen molar-refractivity contribution in [3.8, 4) is 16.9 Å². The molecule has 36 heavy (non-hydrogen) atoms. The summed E-state index contributed by atoms with van der Waals surface area (Å²) in [7, 11) is 1.59. The number of amides is 2. The van der Waals surface area contributed by atoms with Crippen molar-refractivity contribution in [3.63, 3.8) is 0 Å². The molecule has 0 aliphatic rings. The highest BCUT2D eigenvalue weighted by Crippen LogP contribution is 2.28. The topological polar surface area (TPSA) is 95.9 Å². The van der Waals surface area contributed by atoms with Crippen molar-refractivity contribution in [1.82, 2.24) is 10.2 Å². The molecule has 186 valence electrons. The van der Waals surface area contributed by atoms with E-state index in [4.69, 9.17) is 4.74 Å². The van der Waals surface area contributed by atoms with Crippen molar-refractivity contribution in [2.24, 2.45) is 0 Å². The van der Waals surface area contributed by atoms with E-state index < -0.39 is 5.97 Å². The predicted octanol–water partition coefficient (Wildman–Crippen LogP) is 4.44. The van der Waals surface area contributed by atoms with Gasteiger partial charge >= 0.3 is 5.97 Å². The summed E-state index contributed by atoms with van der Waals surface area (Å²) in [4.78, 5) is 39.4. The van der Waals surface area contributed by atoms with Gasteiger partial charge in [0, 0.05) is 30.8 Å². The number of nitrogens with one attached hydrogen (secondary N) is 1. The largest absolute Gasteiger partial charge is 0.497 e. The molecule has 0 spiro atoms. The zero-order valence-electron chi connectivity index (χ0n) is 20.3. The predicted molar refractivity (Wildman–Crippen MR) is 139 cm³/mol. The van der Waals surface area contributed by atoms with Crippen LogP contribution in [0.25, 0.3) is 11.1 Å². The standard InChI is InChI=1S/C29H30N2O5/c1-3-17-30-28(34)25-13-6-4-11-23(25)24-12-5-7-14-26(24)29(35)31(19-16-27(32)33)18-15-21-9-8-10-22(20-21)36-2/h3-14,20H,1,15-19H2,2H3,(H,30,34)(H,32,33). The van der Waals surface area contributed by atoms with Crippen LogP contribution >= 0.6 is 0 Å². The Morgan fingerprint density at radius 1 is 0.944 bits per heavy atom. The second-order valence-corrected chi connectivity index (χ2v) is 8.13. The fourth-order valence-electron chi connectivity index (χ4n) is 3.89. The number of hydrogen-bond acceptors (Lipinski definition) is 4. The fourth-order valence-corrected chi connectivity index (χ4v) is 3.89.